The topological polar surface area (TPSA) is 95.7 Å². The molecule has 0 saturated heterocycles. The van der Waals surface area contributed by atoms with Crippen molar-refractivity contribution in [2.75, 3.05) is 5.73 Å². The van der Waals surface area contributed by atoms with Gasteiger partial charge in [0.1, 0.15) is 29.8 Å². The van der Waals surface area contributed by atoms with Gasteiger partial charge in [-0.05, 0) is 45.3 Å². The summed E-state index contributed by atoms with van der Waals surface area (Å²) in [7, 11) is 0. The lowest BCUT2D eigenvalue weighted by molar-refractivity contribution is 0.304. The van der Waals surface area contributed by atoms with Gasteiger partial charge in [0, 0.05) is 22.9 Å². The Hall–Kier alpha value is -4.13. The van der Waals surface area contributed by atoms with Crippen molar-refractivity contribution in [1.82, 2.24) is 4.98 Å². The number of rotatable bonds is 5. The van der Waals surface area contributed by atoms with E-state index in [2.05, 4.69) is 33.1 Å². The molecule has 6 heteroatoms. The van der Waals surface area contributed by atoms with E-state index in [1.165, 1.54) is 0 Å². The molecule has 32 heavy (non-hydrogen) atoms. The van der Waals surface area contributed by atoms with Crippen LogP contribution < -0.4 is 10.5 Å². The van der Waals surface area contributed by atoms with E-state index >= 15 is 0 Å². The number of nitrogens with two attached hydrogens (primary N) is 1. The number of hydrogen-bond acceptors (Lipinski definition) is 5. The molecule has 0 aliphatic rings. The van der Waals surface area contributed by atoms with Gasteiger partial charge >= 0.3 is 0 Å². The molecule has 2 N–H and O–H groups in total. The zero-order valence-electron chi connectivity index (χ0n) is 16.9. The summed E-state index contributed by atoms with van der Waals surface area (Å²) in [6.45, 7) is 0.266. The van der Waals surface area contributed by atoms with Crippen LogP contribution in [0.3, 0.4) is 0 Å². The summed E-state index contributed by atoms with van der Waals surface area (Å²) in [4.78, 5) is 4.22. The predicted molar refractivity (Wildman–Crippen MR) is 127 cm³/mol. The van der Waals surface area contributed by atoms with Crippen LogP contribution in [0.4, 0.5) is 5.82 Å². The van der Waals surface area contributed by atoms with Gasteiger partial charge in [-0.1, -0.05) is 54.6 Å². The fourth-order valence-corrected chi connectivity index (χ4v) is 3.95. The van der Waals surface area contributed by atoms with Gasteiger partial charge in [0.25, 0.3) is 0 Å². The number of hydrogen-bond donors (Lipinski definition) is 1. The average molecular weight is 481 g/mol. The maximum absolute atomic E-state index is 9.78. The zero-order chi connectivity index (χ0) is 22.5. The molecule has 0 atom stereocenters. The highest BCUT2D eigenvalue weighted by molar-refractivity contribution is 9.10. The molecular weight excluding hydrogens is 464 g/mol. The Morgan fingerprint density at radius 2 is 1.66 bits per heavy atom. The van der Waals surface area contributed by atoms with E-state index < -0.39 is 0 Å². The smallest absolute Gasteiger partial charge is 0.141 e. The van der Waals surface area contributed by atoms with Crippen molar-refractivity contribution in [3.05, 3.63) is 100 Å². The third kappa shape index (κ3) is 4.18. The van der Waals surface area contributed by atoms with Crippen molar-refractivity contribution in [1.29, 1.82) is 10.5 Å². The van der Waals surface area contributed by atoms with Crippen LogP contribution in [0, 0.1) is 22.7 Å². The van der Waals surface area contributed by atoms with Crippen molar-refractivity contribution in [2.45, 2.75) is 6.61 Å². The van der Waals surface area contributed by atoms with Gasteiger partial charge in [-0.15, -0.1) is 0 Å². The van der Waals surface area contributed by atoms with Crippen molar-refractivity contribution < 1.29 is 4.74 Å². The van der Waals surface area contributed by atoms with Crippen molar-refractivity contribution in [3.63, 3.8) is 0 Å². The molecular formula is C26H17BrN4O. The first kappa shape index (κ1) is 21.1. The van der Waals surface area contributed by atoms with Crippen LogP contribution in [-0.2, 0) is 6.61 Å². The number of ether oxygens (including phenoxy) is 1. The summed E-state index contributed by atoms with van der Waals surface area (Å²) < 4.78 is 6.68. The summed E-state index contributed by atoms with van der Waals surface area (Å²) in [5, 5.41) is 19.1. The number of nitrogens with zero attached hydrogens (tertiary/aromatic N) is 3. The minimum Gasteiger partial charge on any atom is -0.488 e. The lowest BCUT2D eigenvalue weighted by Crippen LogP contribution is -2.01. The molecule has 154 valence electrons. The second-order valence-electron chi connectivity index (χ2n) is 6.99. The molecule has 0 amide bonds. The highest BCUT2D eigenvalue weighted by atomic mass is 79.9. The Labute approximate surface area is 194 Å². The summed E-state index contributed by atoms with van der Waals surface area (Å²) in [5.41, 5.74) is 11.0. The van der Waals surface area contributed by atoms with Gasteiger partial charge < -0.3 is 10.5 Å². The highest BCUT2D eigenvalue weighted by Gasteiger charge is 2.17. The number of benzene rings is 3. The normalized spacial score (nSPS) is 10.2. The molecule has 0 aliphatic carbocycles. The van der Waals surface area contributed by atoms with Crippen LogP contribution in [0.25, 0.3) is 22.3 Å². The molecule has 0 aliphatic heterocycles. The second kappa shape index (κ2) is 9.34. The van der Waals surface area contributed by atoms with Gasteiger partial charge in [-0.3, -0.25) is 0 Å². The van der Waals surface area contributed by atoms with Crippen LogP contribution >= 0.6 is 15.9 Å². The molecule has 4 rings (SSSR count). The summed E-state index contributed by atoms with van der Waals surface area (Å²) in [5.74, 6) is 0.815. The molecule has 0 unspecified atom stereocenters. The average Bonchev–Trinajstić information content (AvgIpc) is 2.83. The summed E-state index contributed by atoms with van der Waals surface area (Å²) >= 11 is 3.58. The molecule has 0 bridgehead atoms. The zero-order valence-corrected chi connectivity index (χ0v) is 18.5. The number of halogens is 1. The van der Waals surface area contributed by atoms with Crippen molar-refractivity contribution in [2.24, 2.45) is 0 Å². The molecule has 0 saturated carbocycles. The first-order valence-corrected chi connectivity index (χ1v) is 10.6. The Balaban J connectivity index is 1.73. The van der Waals surface area contributed by atoms with Gasteiger partial charge in [-0.25, -0.2) is 4.98 Å². The third-order valence-corrected chi connectivity index (χ3v) is 5.67. The molecule has 0 spiro atoms. The first-order chi connectivity index (χ1) is 15.6. The van der Waals surface area contributed by atoms with E-state index in [-0.39, 0.29) is 12.4 Å². The van der Waals surface area contributed by atoms with E-state index in [0.29, 0.717) is 22.4 Å². The molecule has 5 nitrogen and oxygen atoms in total. The predicted octanol–water partition coefficient (Wildman–Crippen LogP) is 6.08. The minimum absolute atomic E-state index is 0.187. The molecule has 0 radical (unpaired) electrons. The van der Waals surface area contributed by atoms with E-state index in [4.69, 9.17) is 10.5 Å². The Morgan fingerprint density at radius 1 is 0.906 bits per heavy atom. The summed E-state index contributed by atoms with van der Waals surface area (Å²) in [6.07, 6.45) is 1.69. The SMILES string of the molecule is N#Cc1ccccc1COc1ccc(-c2c(-c3ccccc3)cnc(N)c2C#N)cc1Br. The quantitative estimate of drug-likeness (QED) is 0.373. The second-order valence-corrected chi connectivity index (χ2v) is 7.84. The number of pyridine rings is 1. The molecule has 1 aromatic heterocycles. The number of nitriles is 2. The van der Waals surface area contributed by atoms with E-state index in [1.54, 1.807) is 12.3 Å². The number of anilines is 1. The van der Waals surface area contributed by atoms with Crippen LogP contribution in [0.1, 0.15) is 16.7 Å². The molecule has 3 aromatic carbocycles. The lowest BCUT2D eigenvalue weighted by atomic mass is 9.92. The van der Waals surface area contributed by atoms with Crippen LogP contribution in [-0.4, -0.2) is 4.98 Å². The molecule has 1 heterocycles. The number of nitrogen functional groups attached to an aromatic ring is 1. The minimum atomic E-state index is 0.187. The van der Waals surface area contributed by atoms with E-state index in [0.717, 1.165) is 26.7 Å². The van der Waals surface area contributed by atoms with Gasteiger partial charge in [0.05, 0.1) is 16.1 Å². The van der Waals surface area contributed by atoms with E-state index in [1.807, 2.05) is 66.7 Å². The van der Waals surface area contributed by atoms with Gasteiger partial charge in [0.15, 0.2) is 0 Å². The fourth-order valence-electron chi connectivity index (χ4n) is 3.46. The molecule has 4 aromatic rings. The maximum atomic E-state index is 9.78. The third-order valence-electron chi connectivity index (χ3n) is 5.05. The van der Waals surface area contributed by atoms with Gasteiger partial charge in [-0.2, -0.15) is 10.5 Å². The van der Waals surface area contributed by atoms with E-state index in [9.17, 15) is 10.5 Å². The molecule has 0 fully saturated rings. The highest BCUT2D eigenvalue weighted by Crippen LogP contribution is 2.39. The summed E-state index contributed by atoms with van der Waals surface area (Å²) in [6, 6.07) is 27.1. The maximum Gasteiger partial charge on any atom is 0.141 e. The first-order valence-electron chi connectivity index (χ1n) is 9.77. The largest absolute Gasteiger partial charge is 0.488 e. The van der Waals surface area contributed by atoms with Crippen molar-refractivity contribution >= 4 is 21.7 Å². The van der Waals surface area contributed by atoms with Gasteiger partial charge in [0.2, 0.25) is 0 Å². The van der Waals surface area contributed by atoms with Crippen LogP contribution in [0.5, 0.6) is 5.75 Å². The lowest BCUT2D eigenvalue weighted by Gasteiger charge is -2.15. The fraction of sp³-hybridized carbons (Fsp3) is 0.0385. The monoisotopic (exact) mass is 480 g/mol. The Morgan fingerprint density at radius 3 is 2.38 bits per heavy atom. The van der Waals surface area contributed by atoms with Crippen LogP contribution in [0.15, 0.2) is 83.5 Å². The standard InChI is InChI=1S/C26H17BrN4O/c27-23-12-18(10-11-24(23)32-16-20-9-5-4-8-19(20)13-28)25-21(14-29)26(30)31-15-22(25)17-6-2-1-3-7-17/h1-12,15H,16H2,(H2,30,31). The van der Waals surface area contributed by atoms with Crippen LogP contribution in [0.2, 0.25) is 0 Å². The Bertz CT molecular complexity index is 1370. The Kier molecular flexibility index (Phi) is 6.17. The van der Waals surface area contributed by atoms with Crippen molar-refractivity contribution in [3.8, 4) is 40.1 Å². The number of aromatic nitrogens is 1.